The van der Waals surface area contributed by atoms with E-state index in [0.29, 0.717) is 0 Å². The maximum atomic E-state index is 4.33. The minimum Gasteiger partial charge on any atom is -0.234 e. The van der Waals surface area contributed by atoms with Crippen molar-refractivity contribution in [1.82, 2.24) is 14.6 Å². The maximum Gasteiger partial charge on any atom is 0.156 e. The lowest BCUT2D eigenvalue weighted by atomic mass is 10.3. The van der Waals surface area contributed by atoms with E-state index in [1.807, 2.05) is 30.5 Å². The topological polar surface area (TPSA) is 30.2 Å². The van der Waals surface area contributed by atoms with E-state index in [0.717, 1.165) is 21.6 Å². The van der Waals surface area contributed by atoms with Crippen LogP contribution in [0.1, 0.15) is 11.4 Å². The van der Waals surface area contributed by atoms with Crippen molar-refractivity contribution in [2.24, 2.45) is 0 Å². The molecule has 0 atom stereocenters. The molecule has 4 heteroatoms. The average Bonchev–Trinajstić information content (AvgIpc) is 2.29. The third-order valence-corrected chi connectivity index (χ3v) is 2.09. The number of halogens is 1. The third-order valence-electron chi connectivity index (χ3n) is 1.70. The molecule has 0 saturated heterocycles. The second kappa shape index (κ2) is 2.55. The highest BCUT2D eigenvalue weighted by atomic mass is 79.9. The Hall–Kier alpha value is -0.900. The van der Waals surface area contributed by atoms with E-state index in [9.17, 15) is 0 Å². The van der Waals surface area contributed by atoms with Gasteiger partial charge in [-0.15, -0.1) is 0 Å². The van der Waals surface area contributed by atoms with Crippen LogP contribution in [0, 0.1) is 13.8 Å². The van der Waals surface area contributed by atoms with Crippen molar-refractivity contribution in [1.29, 1.82) is 0 Å². The summed E-state index contributed by atoms with van der Waals surface area (Å²) in [7, 11) is 0. The summed E-state index contributed by atoms with van der Waals surface area (Å²) in [6.07, 6.45) is 0. The molecule has 2 aromatic heterocycles. The molecule has 0 amide bonds. The monoisotopic (exact) mass is 225 g/mol. The van der Waals surface area contributed by atoms with Gasteiger partial charge in [0.05, 0.1) is 0 Å². The number of rotatable bonds is 0. The summed E-state index contributed by atoms with van der Waals surface area (Å²) in [6, 6.07) is 3.91. The fourth-order valence-electron chi connectivity index (χ4n) is 1.26. The summed E-state index contributed by atoms with van der Waals surface area (Å²) in [5.74, 6) is 0. The van der Waals surface area contributed by atoms with E-state index < -0.39 is 0 Å². The number of hydrogen-bond acceptors (Lipinski definition) is 2. The van der Waals surface area contributed by atoms with Gasteiger partial charge in [-0.3, -0.25) is 0 Å². The summed E-state index contributed by atoms with van der Waals surface area (Å²) in [5.41, 5.74) is 3.01. The van der Waals surface area contributed by atoms with Gasteiger partial charge in [0.1, 0.15) is 4.60 Å². The van der Waals surface area contributed by atoms with Gasteiger partial charge in [0.25, 0.3) is 0 Å². The lowest BCUT2D eigenvalue weighted by Gasteiger charge is -1.98. The van der Waals surface area contributed by atoms with Crippen molar-refractivity contribution in [3.8, 4) is 0 Å². The van der Waals surface area contributed by atoms with Crippen LogP contribution in [0.3, 0.4) is 0 Å². The molecule has 62 valence electrons. The van der Waals surface area contributed by atoms with E-state index in [1.165, 1.54) is 0 Å². The molecule has 2 aromatic rings. The number of hydrogen-bond donors (Lipinski definition) is 0. The van der Waals surface area contributed by atoms with Crippen LogP contribution in [0.2, 0.25) is 0 Å². The predicted molar refractivity (Wildman–Crippen MR) is 50.2 cm³/mol. The van der Waals surface area contributed by atoms with Crippen LogP contribution in [0.4, 0.5) is 0 Å². The Bertz CT molecular complexity index is 433. The van der Waals surface area contributed by atoms with Crippen molar-refractivity contribution < 1.29 is 0 Å². The van der Waals surface area contributed by atoms with Crippen molar-refractivity contribution >= 4 is 21.6 Å². The van der Waals surface area contributed by atoms with Gasteiger partial charge in [0, 0.05) is 17.5 Å². The molecule has 3 nitrogen and oxygen atoms in total. The second-order valence-electron chi connectivity index (χ2n) is 2.78. The first-order valence-corrected chi connectivity index (χ1v) is 4.45. The molecule has 0 saturated carbocycles. The average molecular weight is 226 g/mol. The fraction of sp³-hybridized carbons (Fsp3) is 0.250. The molecule has 0 aromatic carbocycles. The van der Waals surface area contributed by atoms with Crippen LogP contribution in [-0.2, 0) is 0 Å². The molecular formula is C8H8BrN3. The van der Waals surface area contributed by atoms with Crippen LogP contribution in [-0.4, -0.2) is 14.6 Å². The molecule has 0 bridgehead atoms. The summed E-state index contributed by atoms with van der Waals surface area (Å²) < 4.78 is 2.64. The Morgan fingerprint density at radius 2 is 2.08 bits per heavy atom. The molecular weight excluding hydrogens is 218 g/mol. The van der Waals surface area contributed by atoms with Crippen LogP contribution in [0.15, 0.2) is 16.7 Å². The highest BCUT2D eigenvalue weighted by molar-refractivity contribution is 9.10. The SMILES string of the molecule is Cc1cc(C)n2nc(Br)cc2n1. The first-order chi connectivity index (χ1) is 5.66. The minimum atomic E-state index is 0.823. The van der Waals surface area contributed by atoms with Crippen LogP contribution in [0.25, 0.3) is 5.65 Å². The highest BCUT2D eigenvalue weighted by Crippen LogP contribution is 2.12. The van der Waals surface area contributed by atoms with Crippen LogP contribution in [0.5, 0.6) is 0 Å². The Labute approximate surface area is 78.6 Å². The molecule has 0 spiro atoms. The van der Waals surface area contributed by atoms with E-state index >= 15 is 0 Å². The number of fused-ring (bicyclic) bond motifs is 1. The van der Waals surface area contributed by atoms with Crippen LogP contribution >= 0.6 is 15.9 Å². The molecule has 0 radical (unpaired) electrons. The molecule has 0 aliphatic carbocycles. The number of aromatic nitrogens is 3. The fourth-order valence-corrected chi connectivity index (χ4v) is 1.62. The summed E-state index contributed by atoms with van der Waals surface area (Å²) in [4.78, 5) is 4.33. The zero-order chi connectivity index (χ0) is 8.72. The summed E-state index contributed by atoms with van der Waals surface area (Å²) in [5, 5.41) is 4.22. The maximum absolute atomic E-state index is 4.33. The van der Waals surface area contributed by atoms with Gasteiger partial charge in [-0.25, -0.2) is 9.50 Å². The highest BCUT2D eigenvalue weighted by Gasteiger charge is 2.02. The van der Waals surface area contributed by atoms with Gasteiger partial charge in [-0.2, -0.15) is 5.10 Å². The van der Waals surface area contributed by atoms with Crippen LogP contribution < -0.4 is 0 Å². The molecule has 12 heavy (non-hydrogen) atoms. The first-order valence-electron chi connectivity index (χ1n) is 3.66. The number of nitrogens with zero attached hydrogens (tertiary/aromatic N) is 3. The molecule has 2 heterocycles. The lowest BCUT2D eigenvalue weighted by molar-refractivity contribution is 0.877. The van der Waals surface area contributed by atoms with E-state index in [4.69, 9.17) is 0 Å². The Morgan fingerprint density at radius 1 is 1.33 bits per heavy atom. The Morgan fingerprint density at radius 3 is 2.83 bits per heavy atom. The lowest BCUT2D eigenvalue weighted by Crippen LogP contribution is -1.96. The normalized spacial score (nSPS) is 10.9. The molecule has 0 N–H and O–H groups in total. The van der Waals surface area contributed by atoms with E-state index in [-0.39, 0.29) is 0 Å². The van der Waals surface area contributed by atoms with Crippen molar-refractivity contribution in [2.75, 3.05) is 0 Å². The van der Waals surface area contributed by atoms with Gasteiger partial charge in [-0.05, 0) is 35.8 Å². The quantitative estimate of drug-likeness (QED) is 0.688. The zero-order valence-electron chi connectivity index (χ0n) is 6.87. The molecule has 0 aliphatic rings. The zero-order valence-corrected chi connectivity index (χ0v) is 8.46. The second-order valence-corrected chi connectivity index (χ2v) is 3.59. The molecule has 0 aliphatic heterocycles. The minimum absolute atomic E-state index is 0.823. The van der Waals surface area contributed by atoms with Gasteiger partial charge < -0.3 is 0 Å². The smallest absolute Gasteiger partial charge is 0.156 e. The predicted octanol–water partition coefficient (Wildman–Crippen LogP) is 2.11. The standard InChI is InChI=1S/C8H8BrN3/c1-5-3-6(2)12-8(10-5)4-7(9)11-12/h3-4H,1-2H3. The third kappa shape index (κ3) is 1.12. The molecule has 0 fully saturated rings. The van der Waals surface area contributed by atoms with Crippen molar-refractivity contribution in [3.05, 3.63) is 28.1 Å². The van der Waals surface area contributed by atoms with Gasteiger partial charge in [-0.1, -0.05) is 0 Å². The van der Waals surface area contributed by atoms with E-state index in [2.05, 4.69) is 26.0 Å². The summed E-state index contributed by atoms with van der Waals surface area (Å²) in [6.45, 7) is 4.00. The largest absolute Gasteiger partial charge is 0.234 e. The van der Waals surface area contributed by atoms with Gasteiger partial charge in [0.2, 0.25) is 0 Å². The first kappa shape index (κ1) is 7.73. The van der Waals surface area contributed by atoms with Gasteiger partial charge >= 0.3 is 0 Å². The number of aryl methyl sites for hydroxylation is 2. The van der Waals surface area contributed by atoms with Crippen molar-refractivity contribution in [3.63, 3.8) is 0 Å². The summed E-state index contributed by atoms with van der Waals surface area (Å²) >= 11 is 3.31. The van der Waals surface area contributed by atoms with Gasteiger partial charge in [0.15, 0.2) is 5.65 Å². The Balaban J connectivity index is 2.88. The Kier molecular flexibility index (Phi) is 1.65. The molecule has 2 rings (SSSR count). The molecule has 0 unspecified atom stereocenters. The van der Waals surface area contributed by atoms with E-state index in [1.54, 1.807) is 0 Å². The van der Waals surface area contributed by atoms with Crippen molar-refractivity contribution in [2.45, 2.75) is 13.8 Å².